The van der Waals surface area contributed by atoms with Gasteiger partial charge in [-0.3, -0.25) is 4.79 Å². The van der Waals surface area contributed by atoms with E-state index in [1.807, 2.05) is 29.2 Å². The first-order valence-electron chi connectivity index (χ1n) is 9.41. The van der Waals surface area contributed by atoms with Gasteiger partial charge < -0.3 is 14.4 Å². The molecule has 1 aliphatic rings. The lowest BCUT2D eigenvalue weighted by Crippen LogP contribution is -2.40. The van der Waals surface area contributed by atoms with E-state index < -0.39 is 0 Å². The molecule has 27 heavy (non-hydrogen) atoms. The van der Waals surface area contributed by atoms with Crippen LogP contribution in [0.4, 0.5) is 0 Å². The second-order valence-corrected chi connectivity index (χ2v) is 8.20. The third-order valence-corrected chi connectivity index (χ3v) is 5.89. The minimum atomic E-state index is -0.280. The van der Waals surface area contributed by atoms with E-state index >= 15 is 0 Å². The van der Waals surface area contributed by atoms with E-state index in [9.17, 15) is 9.90 Å². The molecule has 0 saturated carbocycles. The summed E-state index contributed by atoms with van der Waals surface area (Å²) in [6, 6.07) is 7.51. The van der Waals surface area contributed by atoms with Crippen molar-refractivity contribution >= 4 is 29.3 Å². The molecule has 1 amide bonds. The predicted molar refractivity (Wildman–Crippen MR) is 108 cm³/mol. The Hall–Kier alpha value is -1.50. The van der Waals surface area contributed by atoms with E-state index in [1.165, 1.54) is 0 Å². The van der Waals surface area contributed by atoms with Gasteiger partial charge in [-0.2, -0.15) is 0 Å². The monoisotopic (exact) mass is 408 g/mol. The average molecular weight is 409 g/mol. The van der Waals surface area contributed by atoms with Crippen LogP contribution in [0, 0.1) is 0 Å². The van der Waals surface area contributed by atoms with Crippen LogP contribution in [0.15, 0.2) is 33.9 Å². The maximum atomic E-state index is 12.5. The molecule has 1 aromatic carbocycles. The summed E-state index contributed by atoms with van der Waals surface area (Å²) in [4.78, 5) is 19.0. The van der Waals surface area contributed by atoms with Gasteiger partial charge in [-0.1, -0.05) is 42.4 Å². The van der Waals surface area contributed by atoms with Gasteiger partial charge in [0.15, 0.2) is 0 Å². The summed E-state index contributed by atoms with van der Waals surface area (Å²) in [5, 5.41) is 10.9. The second-order valence-electron chi connectivity index (χ2n) is 6.72. The van der Waals surface area contributed by atoms with Gasteiger partial charge in [-0.25, -0.2) is 4.98 Å². The van der Waals surface area contributed by atoms with Gasteiger partial charge in [0.1, 0.15) is 11.5 Å². The van der Waals surface area contributed by atoms with Crippen molar-refractivity contribution < 1.29 is 14.3 Å². The van der Waals surface area contributed by atoms with Gasteiger partial charge in [0.25, 0.3) is 5.22 Å². The highest BCUT2D eigenvalue weighted by Crippen LogP contribution is 2.30. The number of oxazole rings is 1. The van der Waals surface area contributed by atoms with Gasteiger partial charge >= 0.3 is 0 Å². The normalized spacial score (nSPS) is 15.3. The number of carbonyl (C=O) groups is 1. The average Bonchev–Trinajstić information content (AvgIpc) is 3.08. The molecule has 1 N–H and O–H groups in total. The smallest absolute Gasteiger partial charge is 0.256 e. The molecule has 2 aromatic rings. The molecule has 0 spiro atoms. The summed E-state index contributed by atoms with van der Waals surface area (Å²) in [7, 11) is 0. The molecular formula is C20H25ClN2O3S. The van der Waals surface area contributed by atoms with Crippen molar-refractivity contribution in [1.29, 1.82) is 0 Å². The number of aromatic nitrogens is 1. The Morgan fingerprint density at radius 1 is 1.33 bits per heavy atom. The van der Waals surface area contributed by atoms with Crippen molar-refractivity contribution in [3.8, 4) is 11.3 Å². The first-order valence-corrected chi connectivity index (χ1v) is 10.8. The molecule has 3 rings (SSSR count). The van der Waals surface area contributed by atoms with Crippen LogP contribution in [0.3, 0.4) is 0 Å². The summed E-state index contributed by atoms with van der Waals surface area (Å²) in [5.41, 5.74) is 1.72. The van der Waals surface area contributed by atoms with Crippen molar-refractivity contribution in [2.75, 3.05) is 18.8 Å². The Labute approximate surface area is 169 Å². The molecule has 0 radical (unpaired) electrons. The van der Waals surface area contributed by atoms with Crippen molar-refractivity contribution in [2.45, 2.75) is 50.4 Å². The number of carbonyl (C=O) groups excluding carboxylic acids is 1. The fourth-order valence-electron chi connectivity index (χ4n) is 3.08. The Balaban J connectivity index is 1.71. The maximum absolute atomic E-state index is 12.5. The van der Waals surface area contributed by atoms with Gasteiger partial charge in [0, 0.05) is 42.3 Å². The molecule has 0 bridgehead atoms. The topological polar surface area (TPSA) is 66.6 Å². The zero-order chi connectivity index (χ0) is 19.2. The lowest BCUT2D eigenvalue weighted by molar-refractivity contribution is -0.133. The summed E-state index contributed by atoms with van der Waals surface area (Å²) < 4.78 is 5.96. The van der Waals surface area contributed by atoms with Crippen molar-refractivity contribution in [2.24, 2.45) is 0 Å². The molecule has 0 atom stereocenters. The lowest BCUT2D eigenvalue weighted by Gasteiger charge is -2.29. The third-order valence-electron chi connectivity index (χ3n) is 4.61. The van der Waals surface area contributed by atoms with Crippen molar-refractivity contribution in [1.82, 2.24) is 9.88 Å². The van der Waals surface area contributed by atoms with Crippen LogP contribution in [-0.2, 0) is 11.2 Å². The fraction of sp³-hybridized carbons (Fsp3) is 0.500. The predicted octanol–water partition coefficient (Wildman–Crippen LogP) is 4.41. The number of aliphatic hydroxyl groups is 1. The SMILES string of the molecule is CCCSc1nc(-c2ccc(Cl)cc2)c(CCC(=O)N2CCC(O)CC2)o1. The van der Waals surface area contributed by atoms with E-state index in [0.717, 1.165) is 29.2 Å². The molecule has 146 valence electrons. The third kappa shape index (κ3) is 5.50. The number of rotatable bonds is 7. The number of hydrogen-bond acceptors (Lipinski definition) is 5. The van der Waals surface area contributed by atoms with Crippen molar-refractivity contribution in [3.05, 3.63) is 35.0 Å². The molecule has 0 aliphatic carbocycles. The first kappa shape index (κ1) is 20.2. The minimum absolute atomic E-state index is 0.100. The maximum Gasteiger partial charge on any atom is 0.256 e. The summed E-state index contributed by atoms with van der Waals surface area (Å²) in [6.07, 6.45) is 2.96. The van der Waals surface area contributed by atoms with E-state index in [1.54, 1.807) is 11.8 Å². The zero-order valence-electron chi connectivity index (χ0n) is 15.5. The van der Waals surface area contributed by atoms with Crippen LogP contribution in [0.25, 0.3) is 11.3 Å². The molecule has 0 unspecified atom stereocenters. The minimum Gasteiger partial charge on any atom is -0.436 e. The van der Waals surface area contributed by atoms with Crippen LogP contribution in [0.1, 0.15) is 38.4 Å². The number of halogens is 1. The van der Waals surface area contributed by atoms with E-state index in [2.05, 4.69) is 11.9 Å². The Morgan fingerprint density at radius 2 is 2.04 bits per heavy atom. The van der Waals surface area contributed by atoms with Crippen LogP contribution in [0.5, 0.6) is 0 Å². The molecule has 1 aliphatic heterocycles. The number of nitrogens with zero attached hydrogens (tertiary/aromatic N) is 2. The van der Waals surface area contributed by atoms with Crippen LogP contribution in [-0.4, -0.2) is 45.8 Å². The molecule has 1 aromatic heterocycles. The summed E-state index contributed by atoms with van der Waals surface area (Å²) in [6.45, 7) is 3.36. The standard InChI is InChI=1S/C20H25ClN2O3S/c1-2-13-27-20-22-19(14-3-5-15(21)6-4-14)17(26-20)7-8-18(25)23-11-9-16(24)10-12-23/h3-6,16,24H,2,7-13H2,1H3. The number of amides is 1. The molecule has 1 fully saturated rings. The zero-order valence-corrected chi connectivity index (χ0v) is 17.1. The van der Waals surface area contributed by atoms with Gasteiger partial charge in [0.2, 0.25) is 5.91 Å². The number of aliphatic hydroxyl groups excluding tert-OH is 1. The number of hydrogen-bond donors (Lipinski definition) is 1. The lowest BCUT2D eigenvalue weighted by atomic mass is 10.1. The summed E-state index contributed by atoms with van der Waals surface area (Å²) >= 11 is 7.58. The molecule has 2 heterocycles. The van der Waals surface area contributed by atoms with E-state index in [4.69, 9.17) is 16.0 Å². The number of thioether (sulfide) groups is 1. The Kier molecular flexibility index (Phi) is 7.21. The van der Waals surface area contributed by atoms with Crippen molar-refractivity contribution in [3.63, 3.8) is 0 Å². The van der Waals surface area contributed by atoms with E-state index in [-0.39, 0.29) is 12.0 Å². The number of benzene rings is 1. The Bertz CT molecular complexity index is 755. The second kappa shape index (κ2) is 9.62. The Morgan fingerprint density at radius 3 is 2.70 bits per heavy atom. The quantitative estimate of drug-likeness (QED) is 0.687. The number of piperidine rings is 1. The molecule has 7 heteroatoms. The molecule has 5 nitrogen and oxygen atoms in total. The number of aryl methyl sites for hydroxylation is 1. The molecule has 1 saturated heterocycles. The van der Waals surface area contributed by atoms with Crippen LogP contribution in [0.2, 0.25) is 5.02 Å². The fourth-order valence-corrected chi connectivity index (χ4v) is 3.90. The number of likely N-dealkylation sites (tertiary alicyclic amines) is 1. The van der Waals surface area contributed by atoms with Crippen LogP contribution >= 0.6 is 23.4 Å². The van der Waals surface area contributed by atoms with Gasteiger partial charge in [0.05, 0.1) is 6.10 Å². The highest BCUT2D eigenvalue weighted by molar-refractivity contribution is 7.99. The molecular weight excluding hydrogens is 384 g/mol. The largest absolute Gasteiger partial charge is 0.436 e. The highest BCUT2D eigenvalue weighted by atomic mass is 35.5. The van der Waals surface area contributed by atoms with Gasteiger partial charge in [-0.15, -0.1) is 0 Å². The van der Waals surface area contributed by atoms with Gasteiger partial charge in [-0.05, 0) is 31.4 Å². The van der Waals surface area contributed by atoms with E-state index in [0.29, 0.717) is 49.0 Å². The summed E-state index contributed by atoms with van der Waals surface area (Å²) in [5.74, 6) is 1.78. The van der Waals surface area contributed by atoms with Crippen LogP contribution < -0.4 is 0 Å². The first-order chi connectivity index (χ1) is 13.1. The highest BCUT2D eigenvalue weighted by Gasteiger charge is 2.22.